The van der Waals surface area contributed by atoms with Crippen LogP contribution in [0.2, 0.25) is 0 Å². The molecule has 38 heavy (non-hydrogen) atoms. The molecule has 1 unspecified atom stereocenters. The van der Waals surface area contributed by atoms with Crippen molar-refractivity contribution in [3.8, 4) is 0 Å². The second kappa shape index (κ2) is 11.4. The van der Waals surface area contributed by atoms with Crippen molar-refractivity contribution in [1.82, 2.24) is 9.88 Å². The van der Waals surface area contributed by atoms with Crippen molar-refractivity contribution in [3.63, 3.8) is 0 Å². The molecule has 3 aliphatic rings. The maximum absolute atomic E-state index is 13.5. The van der Waals surface area contributed by atoms with E-state index in [0.29, 0.717) is 10.8 Å². The third kappa shape index (κ3) is 6.93. The van der Waals surface area contributed by atoms with Crippen molar-refractivity contribution < 1.29 is 14.3 Å². The van der Waals surface area contributed by atoms with E-state index in [-0.39, 0.29) is 12.1 Å². The summed E-state index contributed by atoms with van der Waals surface area (Å²) in [7, 11) is 0. The highest BCUT2D eigenvalue weighted by Crippen LogP contribution is 2.49. The zero-order valence-corrected chi connectivity index (χ0v) is 26.7. The zero-order valence-electron chi connectivity index (χ0n) is 25.1. The molecular weight excluding hydrogens is 542 g/mol. The molecule has 0 aromatic carbocycles. The van der Waals surface area contributed by atoms with Crippen LogP contribution in [0.1, 0.15) is 116 Å². The first-order valence-electron chi connectivity index (χ1n) is 14.7. The molecule has 0 N–H and O–H groups in total. The molecule has 1 aliphatic carbocycles. The van der Waals surface area contributed by atoms with Crippen LogP contribution in [0.3, 0.4) is 0 Å². The molecule has 1 atom stereocenters. The van der Waals surface area contributed by atoms with Gasteiger partial charge in [0.15, 0.2) is 6.10 Å². The van der Waals surface area contributed by atoms with Gasteiger partial charge in [-0.05, 0) is 120 Å². The third-order valence-electron chi connectivity index (χ3n) is 8.85. The Morgan fingerprint density at radius 3 is 2.13 bits per heavy atom. The SMILES string of the molecule is Cc1nc(CN2CCC3(CCC3)CC2)c(Br)c(N2CCC(C)(C)CC2)c1C(OC(C)(C)C)C(=O)OC(C)C. The highest BCUT2D eigenvalue weighted by Gasteiger charge is 2.40. The lowest BCUT2D eigenvalue weighted by molar-refractivity contribution is -0.171. The van der Waals surface area contributed by atoms with Gasteiger partial charge in [0.25, 0.3) is 0 Å². The Balaban J connectivity index is 1.72. The molecule has 2 aliphatic heterocycles. The molecule has 2 saturated heterocycles. The first-order valence-corrected chi connectivity index (χ1v) is 15.5. The summed E-state index contributed by atoms with van der Waals surface area (Å²) in [6.45, 7) is 21.4. The average Bonchev–Trinajstić information content (AvgIpc) is 2.78. The number of rotatable bonds is 7. The Hall–Kier alpha value is -1.18. The molecule has 3 fully saturated rings. The van der Waals surface area contributed by atoms with Gasteiger partial charge in [-0.3, -0.25) is 9.88 Å². The van der Waals surface area contributed by atoms with Crippen molar-refractivity contribution >= 4 is 27.6 Å². The second-order valence-electron chi connectivity index (χ2n) is 14.1. The highest BCUT2D eigenvalue weighted by molar-refractivity contribution is 9.10. The summed E-state index contributed by atoms with van der Waals surface area (Å²) >= 11 is 4.01. The Labute approximate surface area is 239 Å². The van der Waals surface area contributed by atoms with Crippen molar-refractivity contribution in [2.75, 3.05) is 31.1 Å². The molecule has 0 radical (unpaired) electrons. The van der Waals surface area contributed by atoms with Crippen molar-refractivity contribution in [3.05, 3.63) is 21.4 Å². The molecule has 3 heterocycles. The fraction of sp³-hybridized carbons (Fsp3) is 0.806. The number of pyridine rings is 1. The second-order valence-corrected chi connectivity index (χ2v) is 14.9. The van der Waals surface area contributed by atoms with Crippen LogP contribution in [0.5, 0.6) is 0 Å². The number of nitrogens with zero attached hydrogens (tertiary/aromatic N) is 3. The lowest BCUT2D eigenvalue weighted by atomic mass is 9.63. The van der Waals surface area contributed by atoms with Gasteiger partial charge in [-0.1, -0.05) is 20.3 Å². The third-order valence-corrected chi connectivity index (χ3v) is 9.68. The predicted molar refractivity (Wildman–Crippen MR) is 158 cm³/mol. The number of carbonyl (C=O) groups is 1. The van der Waals surface area contributed by atoms with E-state index in [1.807, 2.05) is 41.5 Å². The lowest BCUT2D eigenvalue weighted by Gasteiger charge is -2.48. The number of aromatic nitrogens is 1. The van der Waals surface area contributed by atoms with E-state index >= 15 is 0 Å². The normalized spacial score (nSPS) is 22.4. The first kappa shape index (κ1) is 29.8. The van der Waals surface area contributed by atoms with Gasteiger partial charge in [0.1, 0.15) is 0 Å². The van der Waals surface area contributed by atoms with Crippen LogP contribution in [0.15, 0.2) is 4.47 Å². The number of likely N-dealkylation sites (tertiary alicyclic amines) is 1. The molecule has 4 rings (SSSR count). The summed E-state index contributed by atoms with van der Waals surface area (Å²) in [5, 5.41) is 0. The molecule has 1 saturated carbocycles. The number of piperidine rings is 2. The minimum Gasteiger partial charge on any atom is -0.461 e. The zero-order chi connectivity index (χ0) is 27.9. The van der Waals surface area contributed by atoms with E-state index in [9.17, 15) is 4.79 Å². The Kier molecular flexibility index (Phi) is 8.91. The van der Waals surface area contributed by atoms with Gasteiger partial charge in [0.2, 0.25) is 0 Å². The summed E-state index contributed by atoms with van der Waals surface area (Å²) in [6, 6.07) is 0. The summed E-state index contributed by atoms with van der Waals surface area (Å²) in [4.78, 5) is 23.7. The van der Waals surface area contributed by atoms with Crippen LogP contribution in [0.25, 0.3) is 0 Å². The molecular formula is C31H50BrN3O3. The van der Waals surface area contributed by atoms with Gasteiger partial charge in [-0.25, -0.2) is 4.79 Å². The molecule has 0 amide bonds. The fourth-order valence-corrected chi connectivity index (χ4v) is 6.93. The van der Waals surface area contributed by atoms with Gasteiger partial charge in [-0.2, -0.15) is 0 Å². The van der Waals surface area contributed by atoms with E-state index in [4.69, 9.17) is 14.5 Å². The summed E-state index contributed by atoms with van der Waals surface area (Å²) in [6.07, 6.45) is 7.98. The van der Waals surface area contributed by atoms with E-state index in [1.165, 1.54) is 32.1 Å². The summed E-state index contributed by atoms with van der Waals surface area (Å²) in [5.41, 5.74) is 4.23. The van der Waals surface area contributed by atoms with Crippen LogP contribution < -0.4 is 4.90 Å². The minimum atomic E-state index is -0.839. The largest absolute Gasteiger partial charge is 0.461 e. The van der Waals surface area contributed by atoms with Crippen LogP contribution in [-0.2, 0) is 20.8 Å². The number of esters is 1. The van der Waals surface area contributed by atoms with Crippen LogP contribution >= 0.6 is 15.9 Å². The number of carbonyl (C=O) groups excluding carboxylic acids is 1. The number of anilines is 1. The number of ether oxygens (including phenoxy) is 2. The Morgan fingerprint density at radius 1 is 1.03 bits per heavy atom. The number of aryl methyl sites for hydroxylation is 1. The van der Waals surface area contributed by atoms with Gasteiger partial charge < -0.3 is 14.4 Å². The maximum Gasteiger partial charge on any atom is 0.340 e. The van der Waals surface area contributed by atoms with Crippen molar-refractivity contribution in [2.24, 2.45) is 10.8 Å². The average molecular weight is 593 g/mol. The molecule has 1 aromatic rings. The summed E-state index contributed by atoms with van der Waals surface area (Å²) < 4.78 is 13.2. The van der Waals surface area contributed by atoms with E-state index < -0.39 is 11.7 Å². The monoisotopic (exact) mass is 591 g/mol. The topological polar surface area (TPSA) is 54.9 Å². The van der Waals surface area contributed by atoms with E-state index in [2.05, 4.69) is 39.6 Å². The first-order chi connectivity index (χ1) is 17.7. The predicted octanol–water partition coefficient (Wildman–Crippen LogP) is 7.35. The van der Waals surface area contributed by atoms with Crippen LogP contribution in [0.4, 0.5) is 5.69 Å². The smallest absolute Gasteiger partial charge is 0.340 e. The molecule has 214 valence electrons. The molecule has 7 heteroatoms. The van der Waals surface area contributed by atoms with E-state index in [1.54, 1.807) is 0 Å². The van der Waals surface area contributed by atoms with Gasteiger partial charge in [0.05, 0.1) is 27.6 Å². The van der Waals surface area contributed by atoms with E-state index in [0.717, 1.165) is 72.7 Å². The lowest BCUT2D eigenvalue weighted by Crippen LogP contribution is -2.43. The summed E-state index contributed by atoms with van der Waals surface area (Å²) in [5.74, 6) is -0.347. The van der Waals surface area contributed by atoms with Gasteiger partial charge in [-0.15, -0.1) is 0 Å². The Morgan fingerprint density at radius 2 is 1.63 bits per heavy atom. The number of hydrogen-bond acceptors (Lipinski definition) is 6. The molecule has 1 aromatic heterocycles. The van der Waals surface area contributed by atoms with Crippen molar-refractivity contribution in [1.29, 1.82) is 0 Å². The van der Waals surface area contributed by atoms with Crippen molar-refractivity contribution in [2.45, 2.75) is 125 Å². The number of halogens is 1. The highest BCUT2D eigenvalue weighted by atomic mass is 79.9. The maximum atomic E-state index is 13.5. The van der Waals surface area contributed by atoms with Gasteiger partial charge in [0, 0.05) is 30.9 Å². The molecule has 1 spiro atoms. The molecule has 6 nitrogen and oxygen atoms in total. The number of hydrogen-bond donors (Lipinski definition) is 0. The minimum absolute atomic E-state index is 0.221. The van der Waals surface area contributed by atoms with Gasteiger partial charge >= 0.3 is 5.97 Å². The standard InChI is InChI=1S/C31H50BrN3O3/c1-21(2)37-28(36)27(38-29(4,5)6)24-22(3)33-23(20-34-16-14-31(15-17-34)10-9-11-31)25(32)26(24)35-18-12-30(7,8)13-19-35/h21,27H,9-20H2,1-8H3. The van der Waals surface area contributed by atoms with Crippen LogP contribution in [-0.4, -0.2) is 53.7 Å². The quantitative estimate of drug-likeness (QED) is 0.309. The fourth-order valence-electron chi connectivity index (χ4n) is 6.25. The molecule has 0 bridgehead atoms. The van der Waals surface area contributed by atoms with Crippen LogP contribution in [0, 0.1) is 17.8 Å². The Bertz CT molecular complexity index is 993.